The average Bonchev–Trinajstić information content (AvgIpc) is 3.08. The minimum atomic E-state index is -0.224. The summed E-state index contributed by atoms with van der Waals surface area (Å²) in [5.74, 6) is -0.224. The van der Waals surface area contributed by atoms with Crippen LogP contribution >= 0.6 is 0 Å². The molecule has 0 aliphatic heterocycles. The van der Waals surface area contributed by atoms with E-state index in [0.717, 1.165) is 77.0 Å². The maximum Gasteiger partial charge on any atom is 0.217 e. The largest absolute Gasteiger partial charge is 0.370 e. The Hall–Kier alpha value is -3.13. The van der Waals surface area contributed by atoms with Gasteiger partial charge in [0.25, 0.3) is 0 Å². The van der Waals surface area contributed by atoms with Gasteiger partial charge in [0.1, 0.15) is 0 Å². The van der Waals surface area contributed by atoms with Gasteiger partial charge in [0, 0.05) is 6.42 Å². The van der Waals surface area contributed by atoms with Crippen LogP contribution in [0.4, 0.5) is 0 Å². The molecule has 0 aromatic carbocycles. The van der Waals surface area contributed by atoms with Gasteiger partial charge in [-0.15, -0.1) is 0 Å². The van der Waals surface area contributed by atoms with Crippen LogP contribution < -0.4 is 5.73 Å². The van der Waals surface area contributed by atoms with Gasteiger partial charge < -0.3 is 5.73 Å². The van der Waals surface area contributed by atoms with E-state index in [1.165, 1.54) is 101 Å². The lowest BCUT2D eigenvalue weighted by Gasteiger charge is -2.04. The van der Waals surface area contributed by atoms with Crippen molar-refractivity contribution in [1.82, 2.24) is 0 Å². The van der Waals surface area contributed by atoms with Crippen molar-refractivity contribution in [3.8, 4) is 0 Å². The van der Waals surface area contributed by atoms with Crippen LogP contribution in [0.5, 0.6) is 0 Å². The number of primary amides is 1. The van der Waals surface area contributed by atoms with E-state index in [1.807, 2.05) is 0 Å². The quantitative estimate of drug-likeness (QED) is 0.0732. The second-order valence-electron chi connectivity index (χ2n) is 16.6. The first kappa shape index (κ1) is 50.9. The van der Waals surface area contributed by atoms with Crippen LogP contribution in [-0.2, 0) is 4.79 Å². The van der Waals surface area contributed by atoms with Crippen LogP contribution in [0.1, 0.15) is 205 Å². The molecule has 0 fully saturated rings. The van der Waals surface area contributed by atoms with E-state index in [0.29, 0.717) is 6.42 Å². The van der Waals surface area contributed by atoms with Crippen molar-refractivity contribution in [3.63, 3.8) is 0 Å². The zero-order valence-electron chi connectivity index (χ0n) is 37.4. The van der Waals surface area contributed by atoms with E-state index in [9.17, 15) is 4.79 Å². The van der Waals surface area contributed by atoms with Crippen LogP contribution in [-0.4, -0.2) is 5.91 Å². The molecule has 0 saturated heterocycles. The summed E-state index contributed by atoms with van der Waals surface area (Å²) in [6, 6.07) is 0. The van der Waals surface area contributed by atoms with Crippen LogP contribution in [0.2, 0.25) is 0 Å². The summed E-state index contributed by atoms with van der Waals surface area (Å²) in [6.45, 7) is 24.8. The van der Waals surface area contributed by atoms with E-state index in [1.54, 1.807) is 0 Å². The topological polar surface area (TPSA) is 43.1 Å². The second kappa shape index (κ2) is 33.2. The Balaban J connectivity index is 4.25. The molecule has 54 heavy (non-hydrogen) atoms. The molecule has 0 unspecified atom stereocenters. The van der Waals surface area contributed by atoms with Crippen molar-refractivity contribution in [1.29, 1.82) is 0 Å². The minimum Gasteiger partial charge on any atom is -0.370 e. The number of hydrogen-bond acceptors (Lipinski definition) is 1. The van der Waals surface area contributed by atoms with Crippen molar-refractivity contribution in [3.05, 3.63) is 116 Å². The third-order valence-electron chi connectivity index (χ3n) is 10.2. The smallest absolute Gasteiger partial charge is 0.217 e. The fourth-order valence-electron chi connectivity index (χ4n) is 6.34. The number of allylic oxidation sites excluding steroid dienone is 20. The standard InChI is InChI=1S/C52H85NO/c1-42(2)22-12-23-43(3)24-13-25-44(4)26-14-27-45(5)28-15-29-46(6)30-16-31-47(7)32-17-33-48(8)34-18-35-49(9)36-19-37-50(10)38-20-39-51(11)40-21-41-52(53)54/h22,24,26,28,30,32,34,36,38,40H,12-21,23,25,27,29,31,33,35,37,39,41H2,1-11H3,(H2,53,54). The van der Waals surface area contributed by atoms with Gasteiger partial charge >= 0.3 is 0 Å². The fourth-order valence-corrected chi connectivity index (χ4v) is 6.34. The summed E-state index contributed by atoms with van der Waals surface area (Å²) < 4.78 is 0. The van der Waals surface area contributed by atoms with Crippen LogP contribution in [0, 0.1) is 0 Å². The Morgan fingerprint density at radius 3 is 0.574 bits per heavy atom. The van der Waals surface area contributed by atoms with Gasteiger partial charge in [-0.3, -0.25) is 4.79 Å². The SMILES string of the molecule is CC(C)=CCCC(C)=CCCC(C)=CCCC(C)=CCCC(C)=CCCC(C)=CCCC(C)=CCCC(C)=CCCC(C)=CCCC(C)=CCCC(N)=O. The van der Waals surface area contributed by atoms with E-state index in [4.69, 9.17) is 5.73 Å². The highest BCUT2D eigenvalue weighted by Crippen LogP contribution is 2.18. The Bertz CT molecular complexity index is 1370. The molecule has 1 amide bonds. The summed E-state index contributed by atoms with van der Waals surface area (Å²) >= 11 is 0. The molecule has 0 aliphatic rings. The zero-order chi connectivity index (χ0) is 40.6. The number of hydrogen-bond donors (Lipinski definition) is 1. The summed E-state index contributed by atoms with van der Waals surface area (Å²) in [6.07, 6.45) is 45.8. The van der Waals surface area contributed by atoms with E-state index in [-0.39, 0.29) is 5.91 Å². The van der Waals surface area contributed by atoms with Crippen LogP contribution in [0.15, 0.2) is 116 Å². The Morgan fingerprint density at radius 2 is 0.426 bits per heavy atom. The lowest BCUT2D eigenvalue weighted by molar-refractivity contribution is -0.117. The Morgan fingerprint density at radius 1 is 0.278 bits per heavy atom. The molecule has 0 aliphatic carbocycles. The molecule has 0 spiro atoms. The highest BCUT2D eigenvalue weighted by Gasteiger charge is 1.98. The Labute approximate surface area is 336 Å². The van der Waals surface area contributed by atoms with Gasteiger partial charge in [-0.05, 0) is 198 Å². The molecule has 0 saturated carbocycles. The zero-order valence-corrected chi connectivity index (χ0v) is 37.4. The van der Waals surface area contributed by atoms with Crippen LogP contribution in [0.25, 0.3) is 0 Å². The molecular weight excluding hydrogens is 655 g/mol. The number of nitrogens with two attached hydrogens (primary N) is 1. The van der Waals surface area contributed by atoms with Gasteiger partial charge in [0.15, 0.2) is 0 Å². The molecule has 0 aromatic rings. The molecule has 0 rings (SSSR count). The van der Waals surface area contributed by atoms with Crippen molar-refractivity contribution < 1.29 is 4.79 Å². The van der Waals surface area contributed by atoms with E-state index in [2.05, 4.69) is 137 Å². The normalized spacial score (nSPS) is 14.6. The maximum absolute atomic E-state index is 10.9. The summed E-state index contributed by atoms with van der Waals surface area (Å²) in [7, 11) is 0. The van der Waals surface area contributed by atoms with Crippen molar-refractivity contribution in [2.75, 3.05) is 0 Å². The van der Waals surface area contributed by atoms with Crippen molar-refractivity contribution in [2.45, 2.75) is 205 Å². The third-order valence-corrected chi connectivity index (χ3v) is 10.2. The second-order valence-corrected chi connectivity index (χ2v) is 16.6. The molecule has 304 valence electrons. The Kier molecular flexibility index (Phi) is 31.3. The molecule has 0 bridgehead atoms. The predicted octanol–water partition coefficient (Wildman–Crippen LogP) is 16.8. The summed E-state index contributed by atoms with van der Waals surface area (Å²) in [5.41, 5.74) is 20.1. The highest BCUT2D eigenvalue weighted by atomic mass is 16.1. The first-order chi connectivity index (χ1) is 25.7. The molecular formula is C52H85NO. The third kappa shape index (κ3) is 34.6. The van der Waals surface area contributed by atoms with Gasteiger partial charge in [-0.25, -0.2) is 0 Å². The molecule has 2 heteroatoms. The highest BCUT2D eigenvalue weighted by molar-refractivity contribution is 5.73. The number of amides is 1. The first-order valence-corrected chi connectivity index (χ1v) is 21.5. The summed E-state index contributed by atoms with van der Waals surface area (Å²) in [5, 5.41) is 0. The average molecular weight is 740 g/mol. The van der Waals surface area contributed by atoms with Crippen molar-refractivity contribution in [2.24, 2.45) is 5.73 Å². The lowest BCUT2D eigenvalue weighted by Crippen LogP contribution is -2.08. The molecule has 2 N–H and O–H groups in total. The maximum atomic E-state index is 10.9. The molecule has 0 heterocycles. The van der Waals surface area contributed by atoms with Gasteiger partial charge in [-0.2, -0.15) is 0 Å². The number of rotatable bonds is 30. The monoisotopic (exact) mass is 740 g/mol. The first-order valence-electron chi connectivity index (χ1n) is 21.5. The van der Waals surface area contributed by atoms with Crippen LogP contribution in [0.3, 0.4) is 0 Å². The van der Waals surface area contributed by atoms with Gasteiger partial charge in [0.2, 0.25) is 5.91 Å². The van der Waals surface area contributed by atoms with E-state index < -0.39 is 0 Å². The predicted molar refractivity (Wildman–Crippen MR) is 245 cm³/mol. The molecule has 0 atom stereocenters. The molecule has 2 nitrogen and oxygen atoms in total. The van der Waals surface area contributed by atoms with Crippen molar-refractivity contribution >= 4 is 5.91 Å². The van der Waals surface area contributed by atoms with Gasteiger partial charge in [-0.1, -0.05) is 116 Å². The minimum absolute atomic E-state index is 0.224. The molecule has 0 radical (unpaired) electrons. The summed E-state index contributed by atoms with van der Waals surface area (Å²) in [4.78, 5) is 10.9. The van der Waals surface area contributed by atoms with E-state index >= 15 is 0 Å². The molecule has 0 aromatic heterocycles. The fraction of sp³-hybridized carbons (Fsp3) is 0.596. The number of carbonyl (C=O) groups is 1. The number of carbonyl (C=O) groups excluding carboxylic acids is 1. The lowest BCUT2D eigenvalue weighted by atomic mass is 10.0. The van der Waals surface area contributed by atoms with Gasteiger partial charge in [0.05, 0.1) is 0 Å².